The van der Waals surface area contributed by atoms with Crippen LogP contribution in [0.4, 0.5) is 0 Å². The second-order valence-corrected chi connectivity index (χ2v) is 6.56. The molecule has 0 bridgehead atoms. The highest BCUT2D eigenvalue weighted by Crippen LogP contribution is 2.25. The monoisotopic (exact) mass is 277 g/mol. The number of nitrogens with zero attached hydrogens (tertiary/aromatic N) is 1. The molecule has 2 rings (SSSR count). The van der Waals surface area contributed by atoms with Crippen LogP contribution >= 0.6 is 23.4 Å². The molecule has 3 nitrogen and oxygen atoms in total. The highest BCUT2D eigenvalue weighted by atomic mass is 35.5. The summed E-state index contributed by atoms with van der Waals surface area (Å²) >= 11 is 7.87. The number of carbonyl (C=O) groups is 1. The molecule has 0 saturated carbocycles. The van der Waals surface area contributed by atoms with E-state index >= 15 is 0 Å². The molecular weight excluding hydrogens is 258 g/mol. The minimum Gasteiger partial charge on any atom is -0.376 e. The van der Waals surface area contributed by atoms with Crippen molar-refractivity contribution >= 4 is 29.3 Å². The molecule has 2 saturated heterocycles. The Balaban J connectivity index is 1.97. The number of amides is 1. The Morgan fingerprint density at radius 3 is 2.94 bits per heavy atom. The molecular formula is C12H20ClNO2S. The fourth-order valence-corrected chi connectivity index (χ4v) is 3.77. The molecule has 3 atom stereocenters. The topological polar surface area (TPSA) is 29.5 Å². The van der Waals surface area contributed by atoms with Crippen LogP contribution in [0, 0.1) is 0 Å². The normalized spacial score (nSPS) is 30.5. The lowest BCUT2D eigenvalue weighted by molar-refractivity contribution is -0.134. The standard InChI is InChI=1S/C12H20ClNO2S/c1-9(13)12(15)14(10-4-6-17-8-10)7-11-3-2-5-16-11/h9-11H,2-8H2,1H3. The first-order chi connectivity index (χ1) is 8.18. The third kappa shape index (κ3) is 3.52. The van der Waals surface area contributed by atoms with Crippen LogP contribution in [-0.4, -0.2) is 53.0 Å². The van der Waals surface area contributed by atoms with Crippen molar-refractivity contribution in [3.63, 3.8) is 0 Å². The van der Waals surface area contributed by atoms with Crippen molar-refractivity contribution in [2.24, 2.45) is 0 Å². The van der Waals surface area contributed by atoms with Crippen LogP contribution < -0.4 is 0 Å². The number of hydrogen-bond acceptors (Lipinski definition) is 3. The minimum atomic E-state index is -0.429. The van der Waals surface area contributed by atoms with Crippen molar-refractivity contribution in [2.45, 2.75) is 43.7 Å². The molecule has 0 aliphatic carbocycles. The lowest BCUT2D eigenvalue weighted by atomic mass is 10.1. The van der Waals surface area contributed by atoms with Gasteiger partial charge in [0.05, 0.1) is 6.10 Å². The number of rotatable bonds is 4. The highest BCUT2D eigenvalue weighted by Gasteiger charge is 2.32. The van der Waals surface area contributed by atoms with E-state index in [1.807, 2.05) is 16.7 Å². The Kier molecular flexibility index (Phi) is 5.00. The summed E-state index contributed by atoms with van der Waals surface area (Å²) in [6.45, 7) is 3.32. The van der Waals surface area contributed by atoms with Gasteiger partial charge in [0.15, 0.2) is 0 Å². The molecule has 98 valence electrons. The summed E-state index contributed by atoms with van der Waals surface area (Å²) in [5.41, 5.74) is 0. The average molecular weight is 278 g/mol. The molecule has 0 radical (unpaired) electrons. The third-order valence-electron chi connectivity index (χ3n) is 3.39. The lowest BCUT2D eigenvalue weighted by Gasteiger charge is -2.31. The van der Waals surface area contributed by atoms with E-state index in [1.165, 1.54) is 0 Å². The third-order valence-corrected chi connectivity index (χ3v) is 4.73. The number of thioether (sulfide) groups is 1. The molecule has 2 heterocycles. The van der Waals surface area contributed by atoms with Gasteiger partial charge in [0.2, 0.25) is 5.91 Å². The summed E-state index contributed by atoms with van der Waals surface area (Å²) in [7, 11) is 0. The number of ether oxygens (including phenoxy) is 1. The summed E-state index contributed by atoms with van der Waals surface area (Å²) in [6, 6.07) is 0.359. The first-order valence-corrected chi connectivity index (χ1v) is 7.91. The molecule has 5 heteroatoms. The molecule has 0 N–H and O–H groups in total. The molecule has 0 spiro atoms. The largest absolute Gasteiger partial charge is 0.376 e. The Labute approximate surface area is 112 Å². The number of carbonyl (C=O) groups excluding carboxylic acids is 1. The van der Waals surface area contributed by atoms with Crippen LogP contribution in [0.2, 0.25) is 0 Å². The van der Waals surface area contributed by atoms with E-state index < -0.39 is 5.38 Å². The van der Waals surface area contributed by atoms with E-state index in [0.29, 0.717) is 6.04 Å². The second-order valence-electron chi connectivity index (χ2n) is 4.76. The van der Waals surface area contributed by atoms with Crippen molar-refractivity contribution < 1.29 is 9.53 Å². The van der Waals surface area contributed by atoms with Crippen molar-refractivity contribution in [3.05, 3.63) is 0 Å². The zero-order valence-corrected chi connectivity index (χ0v) is 11.8. The Hall–Kier alpha value is 0.0700. The van der Waals surface area contributed by atoms with Crippen molar-refractivity contribution in [1.29, 1.82) is 0 Å². The molecule has 0 aromatic heterocycles. The van der Waals surface area contributed by atoms with Gasteiger partial charge in [-0.1, -0.05) is 0 Å². The Morgan fingerprint density at radius 1 is 1.59 bits per heavy atom. The van der Waals surface area contributed by atoms with E-state index in [-0.39, 0.29) is 12.0 Å². The van der Waals surface area contributed by atoms with Gasteiger partial charge in [-0.05, 0) is 31.9 Å². The molecule has 1 amide bonds. The van der Waals surface area contributed by atoms with Crippen LogP contribution in [0.1, 0.15) is 26.2 Å². The predicted molar refractivity (Wildman–Crippen MR) is 71.7 cm³/mol. The molecule has 0 aromatic carbocycles. The van der Waals surface area contributed by atoms with Crippen molar-refractivity contribution in [2.75, 3.05) is 24.7 Å². The van der Waals surface area contributed by atoms with Gasteiger partial charge in [0, 0.05) is 24.9 Å². The number of hydrogen-bond donors (Lipinski definition) is 0. The van der Waals surface area contributed by atoms with Crippen molar-refractivity contribution in [3.8, 4) is 0 Å². The van der Waals surface area contributed by atoms with Crippen molar-refractivity contribution in [1.82, 2.24) is 4.90 Å². The van der Waals surface area contributed by atoms with Gasteiger partial charge in [0.25, 0.3) is 0 Å². The van der Waals surface area contributed by atoms with E-state index in [4.69, 9.17) is 16.3 Å². The number of halogens is 1. The molecule has 2 fully saturated rings. The van der Waals surface area contributed by atoms with Crippen LogP contribution in [0.3, 0.4) is 0 Å². The van der Waals surface area contributed by atoms with Crippen LogP contribution in [0.25, 0.3) is 0 Å². The summed E-state index contributed by atoms with van der Waals surface area (Å²) in [5.74, 6) is 2.26. The Bertz CT molecular complexity index is 263. The molecule has 17 heavy (non-hydrogen) atoms. The van der Waals surface area contributed by atoms with Gasteiger partial charge in [-0.3, -0.25) is 4.79 Å². The zero-order valence-electron chi connectivity index (χ0n) is 10.2. The molecule has 2 aliphatic rings. The second kappa shape index (κ2) is 6.30. The molecule has 2 aliphatic heterocycles. The van der Waals surface area contributed by atoms with E-state index in [1.54, 1.807) is 6.92 Å². The average Bonchev–Trinajstić information content (AvgIpc) is 2.97. The molecule has 0 aromatic rings. The Morgan fingerprint density at radius 2 is 2.41 bits per heavy atom. The predicted octanol–water partition coefficient (Wildman–Crippen LogP) is 2.13. The minimum absolute atomic E-state index is 0.0645. The highest BCUT2D eigenvalue weighted by molar-refractivity contribution is 7.99. The maximum atomic E-state index is 12.1. The van der Waals surface area contributed by atoms with Crippen LogP contribution in [0.5, 0.6) is 0 Å². The summed E-state index contributed by atoms with van der Waals surface area (Å²) in [4.78, 5) is 14.1. The fourth-order valence-electron chi connectivity index (χ4n) is 2.42. The molecule has 3 unspecified atom stereocenters. The van der Waals surface area contributed by atoms with Gasteiger partial charge in [0.1, 0.15) is 5.38 Å². The first-order valence-electron chi connectivity index (χ1n) is 6.32. The van der Waals surface area contributed by atoms with Gasteiger partial charge < -0.3 is 9.64 Å². The first kappa shape index (κ1) is 13.5. The quantitative estimate of drug-likeness (QED) is 0.738. The smallest absolute Gasteiger partial charge is 0.240 e. The van der Waals surface area contributed by atoms with E-state index in [2.05, 4.69) is 0 Å². The number of alkyl halides is 1. The van der Waals surface area contributed by atoms with E-state index in [9.17, 15) is 4.79 Å². The van der Waals surface area contributed by atoms with Gasteiger partial charge >= 0.3 is 0 Å². The summed E-state index contributed by atoms with van der Waals surface area (Å²) in [6.07, 6.45) is 3.50. The fraction of sp³-hybridized carbons (Fsp3) is 0.917. The summed E-state index contributed by atoms with van der Waals surface area (Å²) < 4.78 is 5.63. The zero-order chi connectivity index (χ0) is 12.3. The van der Waals surface area contributed by atoms with Gasteiger partial charge in [-0.15, -0.1) is 11.6 Å². The lowest BCUT2D eigenvalue weighted by Crippen LogP contribution is -2.47. The van der Waals surface area contributed by atoms with Crippen LogP contribution in [0.15, 0.2) is 0 Å². The summed E-state index contributed by atoms with van der Waals surface area (Å²) in [5, 5.41) is -0.429. The maximum absolute atomic E-state index is 12.1. The van der Waals surface area contributed by atoms with E-state index in [0.717, 1.165) is 43.9 Å². The van der Waals surface area contributed by atoms with Gasteiger partial charge in [-0.2, -0.15) is 11.8 Å². The van der Waals surface area contributed by atoms with Gasteiger partial charge in [-0.25, -0.2) is 0 Å². The van der Waals surface area contributed by atoms with Crippen LogP contribution in [-0.2, 0) is 9.53 Å². The SMILES string of the molecule is CC(Cl)C(=O)N(CC1CCCO1)C1CCSC1. The maximum Gasteiger partial charge on any atom is 0.240 e.